The molecule has 1 nitrogen and oxygen atoms in total. The number of hydrogen-bond acceptors (Lipinski definition) is 1. The summed E-state index contributed by atoms with van der Waals surface area (Å²) in [6.45, 7) is 0. The van der Waals surface area contributed by atoms with Gasteiger partial charge in [0.25, 0.3) is 0 Å². The molecule has 0 atom stereocenters. The molecule has 0 radical (unpaired) electrons. The average Bonchev–Trinajstić information content (AvgIpc) is 2.33. The van der Waals surface area contributed by atoms with Crippen LogP contribution in [0.5, 0.6) is 0 Å². The highest BCUT2D eigenvalue weighted by Crippen LogP contribution is 2.22. The van der Waals surface area contributed by atoms with Crippen LogP contribution in [-0.2, 0) is 0 Å². The quantitative estimate of drug-likeness (QED) is 0.554. The predicted molar refractivity (Wildman–Crippen MR) is 88.6 cm³/mol. The molecule has 4 heteroatoms. The lowest BCUT2D eigenvalue weighted by atomic mass is 10.2. The van der Waals surface area contributed by atoms with Crippen molar-refractivity contribution >= 4 is 61.4 Å². The normalized spacial score (nSPS) is 10.0. The molecule has 0 saturated carbocycles. The Morgan fingerprint density at radius 1 is 1.06 bits per heavy atom. The molecule has 86 valence electrons. The monoisotopic (exact) mass is 417 g/mol. The molecule has 0 fully saturated rings. The Balaban J connectivity index is 2.17. The number of para-hydroxylation sites is 1. The fraction of sp³-hybridized carbons (Fsp3) is 0. The minimum atomic E-state index is 0.730. The van der Waals surface area contributed by atoms with Crippen molar-refractivity contribution in [2.45, 2.75) is 0 Å². The van der Waals surface area contributed by atoms with Crippen LogP contribution in [0.3, 0.4) is 0 Å². The van der Waals surface area contributed by atoms with Crippen LogP contribution in [0.1, 0.15) is 5.56 Å². The molecular weight excluding hydrogens is 409 g/mol. The van der Waals surface area contributed by atoms with Gasteiger partial charge in [0, 0.05) is 13.6 Å². The molecule has 0 aliphatic heterocycles. The maximum absolute atomic E-state index is 5.37. The van der Waals surface area contributed by atoms with Crippen molar-refractivity contribution in [3.05, 3.63) is 62.1 Å². The molecule has 0 heterocycles. The number of anilines is 1. The molecule has 0 unspecified atom stereocenters. The van der Waals surface area contributed by atoms with Gasteiger partial charge in [-0.2, -0.15) is 0 Å². The fourth-order valence-corrected chi connectivity index (χ4v) is 2.35. The van der Waals surface area contributed by atoms with E-state index in [2.05, 4.69) is 43.8 Å². The second kappa shape index (κ2) is 5.93. The SMILES string of the molecule is S=C(Nc1ccccc1Br)c1ccc(I)cc1. The Kier molecular flexibility index (Phi) is 4.53. The van der Waals surface area contributed by atoms with Gasteiger partial charge in [-0.25, -0.2) is 0 Å². The summed E-state index contributed by atoms with van der Waals surface area (Å²) in [5.41, 5.74) is 2.01. The van der Waals surface area contributed by atoms with Crippen molar-refractivity contribution in [2.24, 2.45) is 0 Å². The van der Waals surface area contributed by atoms with Crippen LogP contribution in [0.4, 0.5) is 5.69 Å². The van der Waals surface area contributed by atoms with E-state index in [0.717, 1.165) is 20.7 Å². The Bertz CT molecular complexity index is 539. The highest BCUT2D eigenvalue weighted by Gasteiger charge is 2.03. The lowest BCUT2D eigenvalue weighted by Gasteiger charge is -2.09. The minimum absolute atomic E-state index is 0.730. The van der Waals surface area contributed by atoms with E-state index in [9.17, 15) is 0 Å². The van der Waals surface area contributed by atoms with E-state index < -0.39 is 0 Å². The summed E-state index contributed by atoms with van der Waals surface area (Å²) in [6, 6.07) is 16.1. The van der Waals surface area contributed by atoms with E-state index in [4.69, 9.17) is 12.2 Å². The zero-order valence-corrected chi connectivity index (χ0v) is 13.3. The van der Waals surface area contributed by atoms with Crippen molar-refractivity contribution in [1.29, 1.82) is 0 Å². The summed E-state index contributed by atoms with van der Waals surface area (Å²) in [7, 11) is 0. The van der Waals surface area contributed by atoms with E-state index >= 15 is 0 Å². The van der Waals surface area contributed by atoms with E-state index in [1.807, 2.05) is 48.5 Å². The number of hydrogen-bond donors (Lipinski definition) is 1. The van der Waals surface area contributed by atoms with Crippen LogP contribution >= 0.6 is 50.7 Å². The van der Waals surface area contributed by atoms with E-state index in [0.29, 0.717) is 0 Å². The molecule has 0 amide bonds. The second-order valence-corrected chi connectivity index (χ2v) is 5.95. The molecule has 2 aromatic rings. The first kappa shape index (κ1) is 13.0. The molecular formula is C13H9BrINS. The van der Waals surface area contributed by atoms with Crippen LogP contribution in [0.15, 0.2) is 53.0 Å². The van der Waals surface area contributed by atoms with E-state index in [1.165, 1.54) is 3.57 Å². The number of halogens is 2. The fourth-order valence-electron chi connectivity index (χ4n) is 1.36. The van der Waals surface area contributed by atoms with Gasteiger partial charge in [-0.3, -0.25) is 0 Å². The lowest BCUT2D eigenvalue weighted by molar-refractivity contribution is 1.56. The minimum Gasteiger partial charge on any atom is -0.345 e. The zero-order chi connectivity index (χ0) is 12.3. The molecule has 0 aliphatic carbocycles. The Labute approximate surface area is 128 Å². The number of rotatable bonds is 2. The van der Waals surface area contributed by atoms with Crippen molar-refractivity contribution < 1.29 is 0 Å². The maximum Gasteiger partial charge on any atom is 0.111 e. The van der Waals surface area contributed by atoms with Crippen molar-refractivity contribution in [3.63, 3.8) is 0 Å². The lowest BCUT2D eigenvalue weighted by Crippen LogP contribution is -2.10. The molecule has 0 saturated heterocycles. The third-order valence-corrected chi connectivity index (χ3v) is 3.98. The summed E-state index contributed by atoms with van der Waals surface area (Å²) in [5, 5.41) is 3.23. The van der Waals surface area contributed by atoms with E-state index in [-0.39, 0.29) is 0 Å². The highest BCUT2D eigenvalue weighted by molar-refractivity contribution is 14.1. The third-order valence-electron chi connectivity index (χ3n) is 2.23. The first-order chi connectivity index (χ1) is 8.16. The van der Waals surface area contributed by atoms with Gasteiger partial charge < -0.3 is 5.32 Å². The van der Waals surface area contributed by atoms with E-state index in [1.54, 1.807) is 0 Å². The molecule has 0 spiro atoms. The number of benzene rings is 2. The summed E-state index contributed by atoms with van der Waals surface area (Å²) >= 11 is 11.1. The van der Waals surface area contributed by atoms with Crippen molar-refractivity contribution in [1.82, 2.24) is 0 Å². The van der Waals surface area contributed by atoms with Crippen molar-refractivity contribution in [3.8, 4) is 0 Å². The van der Waals surface area contributed by atoms with Gasteiger partial charge in [0.2, 0.25) is 0 Å². The van der Waals surface area contributed by atoms with Crippen LogP contribution < -0.4 is 5.32 Å². The standard InChI is InChI=1S/C13H9BrINS/c14-11-3-1-2-4-12(11)16-13(17)9-5-7-10(15)8-6-9/h1-8H,(H,16,17). The largest absolute Gasteiger partial charge is 0.345 e. The van der Waals surface area contributed by atoms with Crippen molar-refractivity contribution in [2.75, 3.05) is 5.32 Å². The second-order valence-electron chi connectivity index (χ2n) is 3.44. The maximum atomic E-state index is 5.37. The summed E-state index contributed by atoms with van der Waals surface area (Å²) in [4.78, 5) is 0.730. The van der Waals surface area contributed by atoms with Gasteiger partial charge in [0.1, 0.15) is 4.99 Å². The van der Waals surface area contributed by atoms with Gasteiger partial charge in [-0.05, 0) is 62.8 Å². The van der Waals surface area contributed by atoms with Crippen LogP contribution in [0.25, 0.3) is 0 Å². The smallest absolute Gasteiger partial charge is 0.111 e. The Hall–Kier alpha value is -0.460. The molecule has 0 aliphatic rings. The summed E-state index contributed by atoms with van der Waals surface area (Å²) < 4.78 is 2.21. The van der Waals surface area contributed by atoms with Gasteiger partial charge >= 0.3 is 0 Å². The van der Waals surface area contributed by atoms with Crippen LogP contribution in [0, 0.1) is 3.57 Å². The first-order valence-electron chi connectivity index (χ1n) is 4.98. The molecule has 2 aromatic carbocycles. The van der Waals surface area contributed by atoms with Crippen LogP contribution in [-0.4, -0.2) is 4.99 Å². The Morgan fingerprint density at radius 3 is 2.35 bits per heavy atom. The van der Waals surface area contributed by atoms with Gasteiger partial charge in [0.15, 0.2) is 0 Å². The molecule has 0 aromatic heterocycles. The van der Waals surface area contributed by atoms with Gasteiger partial charge in [0.05, 0.1) is 5.69 Å². The average molecular weight is 418 g/mol. The number of thiocarbonyl (C=S) groups is 1. The molecule has 0 bridgehead atoms. The van der Waals surface area contributed by atoms with Gasteiger partial charge in [-0.1, -0.05) is 36.5 Å². The third kappa shape index (κ3) is 3.50. The predicted octanol–water partition coefficient (Wildman–Crippen LogP) is 4.84. The highest BCUT2D eigenvalue weighted by atomic mass is 127. The van der Waals surface area contributed by atoms with Crippen LogP contribution in [0.2, 0.25) is 0 Å². The Morgan fingerprint density at radius 2 is 1.71 bits per heavy atom. The molecule has 1 N–H and O–H groups in total. The summed E-state index contributed by atoms with van der Waals surface area (Å²) in [5.74, 6) is 0. The molecule has 2 rings (SSSR count). The number of nitrogens with one attached hydrogen (secondary N) is 1. The summed E-state index contributed by atoms with van der Waals surface area (Å²) in [6.07, 6.45) is 0. The van der Waals surface area contributed by atoms with Gasteiger partial charge in [-0.15, -0.1) is 0 Å². The zero-order valence-electron chi connectivity index (χ0n) is 8.78. The molecule has 17 heavy (non-hydrogen) atoms. The topological polar surface area (TPSA) is 12.0 Å². The first-order valence-corrected chi connectivity index (χ1v) is 7.26.